The molecular weight excluding hydrogens is 390 g/mol. The molecule has 1 aliphatic rings. The second kappa shape index (κ2) is 7.67. The summed E-state index contributed by atoms with van der Waals surface area (Å²) in [6.07, 6.45) is 1.02. The molecule has 0 aromatic heterocycles. The summed E-state index contributed by atoms with van der Waals surface area (Å²) in [6, 6.07) is 11.1. The number of carbonyl (C=O) groups excluding carboxylic acids is 2. The van der Waals surface area contributed by atoms with Crippen LogP contribution in [0.25, 0.3) is 0 Å². The maximum atomic E-state index is 12.9. The van der Waals surface area contributed by atoms with Gasteiger partial charge in [0.15, 0.2) is 0 Å². The predicted octanol–water partition coefficient (Wildman–Crippen LogP) is 2.23. The second-order valence-electron chi connectivity index (χ2n) is 6.16. The van der Waals surface area contributed by atoms with Crippen LogP contribution in [0.5, 0.6) is 0 Å². The van der Waals surface area contributed by atoms with E-state index in [0.29, 0.717) is 29.1 Å². The fourth-order valence-electron chi connectivity index (χ4n) is 2.98. The number of hydrogen-bond acceptors (Lipinski definition) is 4. The second-order valence-corrected chi connectivity index (χ2v) is 8.49. The third-order valence-electron chi connectivity index (χ3n) is 4.36. The molecule has 1 aliphatic heterocycles. The molecule has 0 bridgehead atoms. The first kappa shape index (κ1) is 19.3. The van der Waals surface area contributed by atoms with Crippen LogP contribution in [0.1, 0.15) is 23.2 Å². The number of sulfonamides is 1. The highest BCUT2D eigenvalue weighted by molar-refractivity contribution is 7.89. The van der Waals surface area contributed by atoms with Gasteiger partial charge in [-0.2, -0.15) is 4.31 Å². The molecule has 1 atom stereocenters. The van der Waals surface area contributed by atoms with Gasteiger partial charge in [-0.05, 0) is 61.4 Å². The molecule has 1 unspecified atom stereocenters. The van der Waals surface area contributed by atoms with Crippen LogP contribution in [0.3, 0.4) is 0 Å². The number of carbonyl (C=O) groups is 2. The summed E-state index contributed by atoms with van der Waals surface area (Å²) in [7, 11) is -3.81. The van der Waals surface area contributed by atoms with Gasteiger partial charge in [0.2, 0.25) is 21.8 Å². The maximum absolute atomic E-state index is 12.9. The lowest BCUT2D eigenvalue weighted by Gasteiger charge is -2.23. The molecule has 27 heavy (non-hydrogen) atoms. The molecule has 2 aromatic carbocycles. The molecule has 0 radical (unpaired) electrons. The standard InChI is InChI=1S/C18H18ClN3O4S/c19-13-5-9-15(10-6-13)27(25,26)22-11-1-2-16(22)18(24)21-14-7-3-12(4-8-14)17(20)23/h3-10,16H,1-2,11H2,(H2,20,23)(H,21,24). The first-order valence-corrected chi connectivity index (χ1v) is 10.1. The third-order valence-corrected chi connectivity index (χ3v) is 6.54. The average Bonchev–Trinajstić information content (AvgIpc) is 3.13. The summed E-state index contributed by atoms with van der Waals surface area (Å²) < 4.78 is 27.0. The number of nitrogens with zero attached hydrogens (tertiary/aromatic N) is 1. The van der Waals surface area contributed by atoms with E-state index < -0.39 is 27.9 Å². The smallest absolute Gasteiger partial charge is 0.248 e. The SMILES string of the molecule is NC(=O)c1ccc(NC(=O)C2CCCN2S(=O)(=O)c2ccc(Cl)cc2)cc1. The van der Waals surface area contributed by atoms with Gasteiger partial charge in [0.05, 0.1) is 4.90 Å². The van der Waals surface area contributed by atoms with E-state index in [1.54, 1.807) is 12.1 Å². The first-order chi connectivity index (χ1) is 12.8. The van der Waals surface area contributed by atoms with Gasteiger partial charge in [0.25, 0.3) is 0 Å². The van der Waals surface area contributed by atoms with Gasteiger partial charge in [0, 0.05) is 22.8 Å². The number of nitrogens with one attached hydrogen (secondary N) is 1. The fraction of sp³-hybridized carbons (Fsp3) is 0.222. The Kier molecular flexibility index (Phi) is 5.50. The van der Waals surface area contributed by atoms with Crippen molar-refractivity contribution in [3.05, 3.63) is 59.1 Å². The summed E-state index contributed by atoms with van der Waals surface area (Å²) in [5, 5.41) is 3.13. The molecule has 2 amide bonds. The largest absolute Gasteiger partial charge is 0.366 e. The number of amides is 2. The highest BCUT2D eigenvalue weighted by atomic mass is 35.5. The van der Waals surface area contributed by atoms with Crippen LogP contribution in [-0.2, 0) is 14.8 Å². The van der Waals surface area contributed by atoms with E-state index in [-0.39, 0.29) is 11.4 Å². The fourth-order valence-corrected chi connectivity index (χ4v) is 4.76. The molecule has 0 aliphatic carbocycles. The van der Waals surface area contributed by atoms with Crippen molar-refractivity contribution in [1.82, 2.24) is 4.31 Å². The Morgan fingerprint density at radius 3 is 2.30 bits per heavy atom. The van der Waals surface area contributed by atoms with E-state index >= 15 is 0 Å². The summed E-state index contributed by atoms with van der Waals surface area (Å²) in [4.78, 5) is 23.8. The molecule has 3 N–H and O–H groups in total. The minimum Gasteiger partial charge on any atom is -0.366 e. The van der Waals surface area contributed by atoms with Crippen molar-refractivity contribution in [1.29, 1.82) is 0 Å². The molecule has 142 valence electrons. The number of nitrogens with two attached hydrogens (primary N) is 1. The van der Waals surface area contributed by atoms with Crippen LogP contribution >= 0.6 is 11.6 Å². The molecule has 1 fully saturated rings. The van der Waals surface area contributed by atoms with Crippen molar-refractivity contribution in [2.45, 2.75) is 23.8 Å². The average molecular weight is 408 g/mol. The number of hydrogen-bond donors (Lipinski definition) is 2. The van der Waals surface area contributed by atoms with Crippen molar-refractivity contribution in [3.8, 4) is 0 Å². The predicted molar refractivity (Wildman–Crippen MR) is 102 cm³/mol. The minimum absolute atomic E-state index is 0.0948. The number of halogens is 1. The number of anilines is 1. The zero-order valence-electron chi connectivity index (χ0n) is 14.3. The first-order valence-electron chi connectivity index (χ1n) is 8.27. The molecule has 1 heterocycles. The highest BCUT2D eigenvalue weighted by Gasteiger charge is 2.39. The van der Waals surface area contributed by atoms with E-state index in [9.17, 15) is 18.0 Å². The zero-order chi connectivity index (χ0) is 19.6. The summed E-state index contributed by atoms with van der Waals surface area (Å²) in [5.74, 6) is -0.985. The Balaban J connectivity index is 1.78. The molecule has 1 saturated heterocycles. The minimum atomic E-state index is -3.81. The van der Waals surface area contributed by atoms with Gasteiger partial charge >= 0.3 is 0 Å². The highest BCUT2D eigenvalue weighted by Crippen LogP contribution is 2.27. The summed E-state index contributed by atoms with van der Waals surface area (Å²) in [6.45, 7) is 0.268. The van der Waals surface area contributed by atoms with E-state index in [0.717, 1.165) is 0 Å². The van der Waals surface area contributed by atoms with Crippen LogP contribution in [0, 0.1) is 0 Å². The Morgan fingerprint density at radius 2 is 1.70 bits per heavy atom. The van der Waals surface area contributed by atoms with Gasteiger partial charge in [-0.25, -0.2) is 8.42 Å². The molecule has 2 aromatic rings. The van der Waals surface area contributed by atoms with E-state index in [4.69, 9.17) is 17.3 Å². The molecule has 3 rings (SSSR count). The quantitative estimate of drug-likeness (QED) is 0.791. The summed E-state index contributed by atoms with van der Waals surface area (Å²) >= 11 is 5.82. The Labute approximate surface area is 162 Å². The van der Waals surface area contributed by atoms with Crippen LogP contribution < -0.4 is 11.1 Å². The van der Waals surface area contributed by atoms with Gasteiger partial charge in [-0.3, -0.25) is 9.59 Å². The van der Waals surface area contributed by atoms with Crippen LogP contribution in [0.4, 0.5) is 5.69 Å². The van der Waals surface area contributed by atoms with Crippen molar-refractivity contribution in [3.63, 3.8) is 0 Å². The van der Waals surface area contributed by atoms with E-state index in [1.165, 1.54) is 40.7 Å². The van der Waals surface area contributed by atoms with Crippen molar-refractivity contribution in [2.24, 2.45) is 5.73 Å². The normalized spacial score (nSPS) is 17.6. The zero-order valence-corrected chi connectivity index (χ0v) is 15.8. The topological polar surface area (TPSA) is 110 Å². The number of primary amides is 1. The molecule has 0 saturated carbocycles. The lowest BCUT2D eigenvalue weighted by atomic mass is 10.2. The van der Waals surface area contributed by atoms with E-state index in [2.05, 4.69) is 5.32 Å². The molecule has 9 heteroatoms. The van der Waals surface area contributed by atoms with Crippen LogP contribution in [0.15, 0.2) is 53.4 Å². The van der Waals surface area contributed by atoms with Crippen LogP contribution in [0.2, 0.25) is 5.02 Å². The van der Waals surface area contributed by atoms with Crippen LogP contribution in [-0.4, -0.2) is 37.1 Å². The van der Waals surface area contributed by atoms with Crippen molar-refractivity contribution >= 4 is 39.1 Å². The molecular formula is C18H18ClN3O4S. The third kappa shape index (κ3) is 4.13. The van der Waals surface area contributed by atoms with Gasteiger partial charge < -0.3 is 11.1 Å². The van der Waals surface area contributed by atoms with E-state index in [1.807, 2.05) is 0 Å². The Hall–Kier alpha value is -2.42. The van der Waals surface area contributed by atoms with Crippen molar-refractivity contribution in [2.75, 3.05) is 11.9 Å². The van der Waals surface area contributed by atoms with Gasteiger partial charge in [-0.15, -0.1) is 0 Å². The number of rotatable bonds is 5. The number of benzene rings is 2. The lowest BCUT2D eigenvalue weighted by molar-refractivity contribution is -0.119. The molecule has 0 spiro atoms. The summed E-state index contributed by atoms with van der Waals surface area (Å²) in [5.41, 5.74) is 5.97. The Morgan fingerprint density at radius 1 is 1.07 bits per heavy atom. The monoisotopic (exact) mass is 407 g/mol. The maximum Gasteiger partial charge on any atom is 0.248 e. The van der Waals surface area contributed by atoms with Crippen molar-refractivity contribution < 1.29 is 18.0 Å². The van der Waals surface area contributed by atoms with Gasteiger partial charge in [0.1, 0.15) is 6.04 Å². The molecule has 7 nitrogen and oxygen atoms in total. The van der Waals surface area contributed by atoms with Gasteiger partial charge in [-0.1, -0.05) is 11.6 Å². The Bertz CT molecular complexity index is 959. The lowest BCUT2D eigenvalue weighted by Crippen LogP contribution is -2.43.